The zero-order valence-corrected chi connectivity index (χ0v) is 14.9. The van der Waals surface area contributed by atoms with Gasteiger partial charge in [0.05, 0.1) is 6.61 Å². The molecule has 1 fully saturated rings. The molecule has 23 heavy (non-hydrogen) atoms. The highest BCUT2D eigenvalue weighted by molar-refractivity contribution is 7.96. The summed E-state index contributed by atoms with van der Waals surface area (Å²) in [5.74, 6) is 0. The summed E-state index contributed by atoms with van der Waals surface area (Å²) in [5, 5.41) is 20.7. The first-order chi connectivity index (χ1) is 10.8. The van der Waals surface area contributed by atoms with Gasteiger partial charge < -0.3 is 29.5 Å². The van der Waals surface area contributed by atoms with Gasteiger partial charge in [0.15, 0.2) is 5.17 Å². The third-order valence-electron chi connectivity index (χ3n) is 3.68. The second-order valence-corrected chi connectivity index (χ2v) is 5.89. The molecule has 0 radical (unpaired) electrons. The zero-order chi connectivity index (χ0) is 17.6. The van der Waals surface area contributed by atoms with Crippen LogP contribution in [-0.2, 0) is 9.47 Å². The first-order valence-corrected chi connectivity index (χ1v) is 8.10. The molecular formula is C14H27N3O5S. The first-order valence-electron chi connectivity index (χ1n) is 7.65. The fourth-order valence-corrected chi connectivity index (χ4v) is 2.27. The van der Waals surface area contributed by atoms with Crippen molar-refractivity contribution in [3.8, 4) is 0 Å². The van der Waals surface area contributed by atoms with Crippen LogP contribution in [0.25, 0.3) is 0 Å². The van der Waals surface area contributed by atoms with Crippen LogP contribution in [0.15, 0.2) is 4.99 Å². The molecule has 2 N–H and O–H groups in total. The lowest BCUT2D eigenvalue weighted by Crippen LogP contribution is -2.54. The van der Waals surface area contributed by atoms with Gasteiger partial charge in [0, 0.05) is 27.2 Å². The van der Waals surface area contributed by atoms with Gasteiger partial charge in [0.1, 0.15) is 31.0 Å². The van der Waals surface area contributed by atoms with Crippen molar-refractivity contribution >= 4 is 23.9 Å². The lowest BCUT2D eigenvalue weighted by molar-refractivity contribution is -0.156. The maximum absolute atomic E-state index is 11.8. The van der Waals surface area contributed by atoms with E-state index in [2.05, 4.69) is 17.6 Å². The topological polar surface area (TPSA) is 94.8 Å². The van der Waals surface area contributed by atoms with Gasteiger partial charge in [-0.15, -0.1) is 12.6 Å². The molecule has 0 bridgehead atoms. The van der Waals surface area contributed by atoms with Crippen molar-refractivity contribution in [2.75, 3.05) is 40.4 Å². The molecule has 1 rings (SSSR count). The van der Waals surface area contributed by atoms with E-state index in [4.69, 9.17) is 9.47 Å². The third kappa shape index (κ3) is 5.52. The van der Waals surface area contributed by atoms with Crippen LogP contribution < -0.4 is 0 Å². The fourth-order valence-electron chi connectivity index (χ4n) is 2.12. The zero-order valence-electron chi connectivity index (χ0n) is 14.0. The molecule has 0 aromatic heterocycles. The first kappa shape index (κ1) is 20.0. The molecule has 1 aliphatic heterocycles. The van der Waals surface area contributed by atoms with Gasteiger partial charge in [-0.25, -0.2) is 4.79 Å². The number of amidine groups is 1. The van der Waals surface area contributed by atoms with Crippen molar-refractivity contribution in [1.29, 1.82) is 0 Å². The summed E-state index contributed by atoms with van der Waals surface area (Å²) in [5.41, 5.74) is 0. The van der Waals surface area contributed by atoms with E-state index in [1.54, 1.807) is 19.0 Å². The SMILES string of the molecule is CCN(CC)C(=O)OC[C@H]1OC[C@H](/N=C(\S)N(C)C)[C@@H](O)[C@@H]1O. The standard InChI is InChI=1S/C14H27N3O5S/c1-5-17(6-2)14(20)22-8-10-12(19)11(18)9(7-21-10)15-13(23)16(3)4/h9-12,18-19H,5-8H2,1-4H3,(H,15,23)/t9-,10+,11+,12+/m0/s1. The highest BCUT2D eigenvalue weighted by Crippen LogP contribution is 2.19. The Labute approximate surface area is 142 Å². The van der Waals surface area contributed by atoms with Crippen LogP contribution in [0.3, 0.4) is 0 Å². The second kappa shape index (κ2) is 9.31. The Balaban J connectivity index is 2.57. The Morgan fingerprint density at radius 2 is 1.91 bits per heavy atom. The summed E-state index contributed by atoms with van der Waals surface area (Å²) in [7, 11) is 3.54. The van der Waals surface area contributed by atoms with Gasteiger partial charge in [0.2, 0.25) is 0 Å². The summed E-state index contributed by atoms with van der Waals surface area (Å²) in [6, 6.07) is -0.616. The summed E-state index contributed by atoms with van der Waals surface area (Å²) in [6.07, 6.45) is -3.54. The lowest BCUT2D eigenvalue weighted by atomic mass is 9.99. The Morgan fingerprint density at radius 3 is 2.43 bits per heavy atom. The van der Waals surface area contributed by atoms with Gasteiger partial charge in [0.25, 0.3) is 0 Å². The predicted molar refractivity (Wildman–Crippen MR) is 89.9 cm³/mol. The molecule has 0 saturated carbocycles. The van der Waals surface area contributed by atoms with Crippen LogP contribution >= 0.6 is 12.6 Å². The number of hydrogen-bond donors (Lipinski definition) is 3. The number of carbonyl (C=O) groups excluding carboxylic acids is 1. The minimum atomic E-state index is -1.19. The minimum Gasteiger partial charge on any atom is -0.447 e. The van der Waals surface area contributed by atoms with Crippen LogP contribution in [0.4, 0.5) is 4.79 Å². The molecule has 0 spiro atoms. The molecule has 1 aliphatic rings. The summed E-state index contributed by atoms with van der Waals surface area (Å²) in [4.78, 5) is 19.2. The number of aliphatic imine (C=N–C) groups is 1. The largest absolute Gasteiger partial charge is 0.447 e. The fraction of sp³-hybridized carbons (Fsp3) is 0.857. The van der Waals surface area contributed by atoms with E-state index in [1.165, 1.54) is 4.90 Å². The highest BCUT2D eigenvalue weighted by atomic mass is 32.1. The molecule has 4 atom stereocenters. The normalized spacial score (nSPS) is 28.4. The molecule has 134 valence electrons. The summed E-state index contributed by atoms with van der Waals surface area (Å²) >= 11 is 4.19. The Kier molecular flexibility index (Phi) is 8.10. The molecule has 0 aliphatic carbocycles. The number of thiol groups is 1. The molecule has 1 heterocycles. The van der Waals surface area contributed by atoms with Crippen LogP contribution in [0.1, 0.15) is 13.8 Å². The minimum absolute atomic E-state index is 0.115. The quantitative estimate of drug-likeness (QED) is 0.362. The van der Waals surface area contributed by atoms with E-state index >= 15 is 0 Å². The highest BCUT2D eigenvalue weighted by Gasteiger charge is 2.39. The van der Waals surface area contributed by atoms with Gasteiger partial charge in [-0.3, -0.25) is 4.99 Å². The molecule has 1 saturated heterocycles. The maximum atomic E-state index is 11.8. The van der Waals surface area contributed by atoms with Crippen molar-refractivity contribution in [2.45, 2.75) is 38.2 Å². The van der Waals surface area contributed by atoms with E-state index in [-0.39, 0.29) is 13.2 Å². The average Bonchev–Trinajstić information content (AvgIpc) is 2.52. The monoisotopic (exact) mass is 349 g/mol. The Hall–Kier alpha value is -1.03. The van der Waals surface area contributed by atoms with E-state index in [9.17, 15) is 15.0 Å². The smallest absolute Gasteiger partial charge is 0.409 e. The van der Waals surface area contributed by atoms with Gasteiger partial charge in [-0.1, -0.05) is 0 Å². The summed E-state index contributed by atoms with van der Waals surface area (Å²) in [6.45, 7) is 4.77. The molecule has 0 unspecified atom stereocenters. The molecule has 9 heteroatoms. The van der Waals surface area contributed by atoms with Crippen molar-refractivity contribution in [3.63, 3.8) is 0 Å². The number of carbonyl (C=O) groups is 1. The number of aliphatic hydroxyl groups is 2. The van der Waals surface area contributed by atoms with Crippen molar-refractivity contribution in [2.24, 2.45) is 4.99 Å². The number of rotatable bonds is 5. The van der Waals surface area contributed by atoms with E-state index in [1.807, 2.05) is 13.8 Å². The lowest BCUT2D eigenvalue weighted by Gasteiger charge is -2.36. The van der Waals surface area contributed by atoms with Crippen molar-refractivity contribution in [3.05, 3.63) is 0 Å². The second-order valence-electron chi connectivity index (χ2n) is 5.49. The number of amides is 1. The van der Waals surface area contributed by atoms with Gasteiger partial charge >= 0.3 is 6.09 Å². The van der Waals surface area contributed by atoms with Crippen molar-refractivity contribution < 1.29 is 24.5 Å². The number of hydrogen-bond acceptors (Lipinski definition) is 6. The maximum Gasteiger partial charge on any atom is 0.409 e. The molecule has 1 amide bonds. The van der Waals surface area contributed by atoms with Gasteiger partial charge in [-0.2, -0.15) is 0 Å². The third-order valence-corrected chi connectivity index (χ3v) is 4.20. The molecular weight excluding hydrogens is 322 g/mol. The van der Waals surface area contributed by atoms with Crippen LogP contribution in [0, 0.1) is 0 Å². The van der Waals surface area contributed by atoms with Crippen LogP contribution in [0.5, 0.6) is 0 Å². The predicted octanol–water partition coefficient (Wildman–Crippen LogP) is -0.199. The Morgan fingerprint density at radius 1 is 1.30 bits per heavy atom. The average molecular weight is 349 g/mol. The van der Waals surface area contributed by atoms with Crippen LogP contribution in [-0.4, -0.2) is 96.0 Å². The van der Waals surface area contributed by atoms with E-state index in [0.29, 0.717) is 18.3 Å². The van der Waals surface area contributed by atoms with Crippen LogP contribution in [0.2, 0.25) is 0 Å². The number of ether oxygens (including phenoxy) is 2. The molecule has 0 aromatic carbocycles. The van der Waals surface area contributed by atoms with Gasteiger partial charge in [-0.05, 0) is 13.8 Å². The number of nitrogens with zero attached hydrogens (tertiary/aromatic N) is 3. The molecule has 8 nitrogen and oxygen atoms in total. The van der Waals surface area contributed by atoms with E-state index in [0.717, 1.165) is 0 Å². The van der Waals surface area contributed by atoms with E-state index < -0.39 is 30.4 Å². The summed E-state index contributed by atoms with van der Waals surface area (Å²) < 4.78 is 10.6. The number of aliphatic hydroxyl groups excluding tert-OH is 2. The van der Waals surface area contributed by atoms with Crippen molar-refractivity contribution in [1.82, 2.24) is 9.80 Å². The Bertz CT molecular complexity index is 417. The molecule has 0 aromatic rings.